The number of anilines is 1. The van der Waals surface area contributed by atoms with Crippen LogP contribution in [0.4, 0.5) is 16.2 Å². The standard InChI is InChI=1S/C17H17FN6O5S/c1-9-13(19-3)23-24-16(21-9)22-15(26)17(2,27)8-30(28,29)10-5-6-11(12(18)7-10)14(25)20-4/h5-7,27H,8H2,1-2,4H3,(H,20,25)(H,21,22,24,26)/t17-/m0/s1. The molecule has 1 aromatic heterocycles. The maximum Gasteiger partial charge on any atom is 0.317 e. The summed E-state index contributed by atoms with van der Waals surface area (Å²) < 4.78 is 39.2. The Labute approximate surface area is 171 Å². The second-order valence-corrected chi connectivity index (χ2v) is 8.35. The molecule has 0 unspecified atom stereocenters. The average molecular weight is 436 g/mol. The summed E-state index contributed by atoms with van der Waals surface area (Å²) >= 11 is 0. The van der Waals surface area contributed by atoms with Crippen LogP contribution >= 0.6 is 0 Å². The van der Waals surface area contributed by atoms with E-state index in [0.717, 1.165) is 19.1 Å². The third kappa shape index (κ3) is 4.91. The Morgan fingerprint density at radius 3 is 2.53 bits per heavy atom. The van der Waals surface area contributed by atoms with E-state index in [1.165, 1.54) is 14.0 Å². The summed E-state index contributed by atoms with van der Waals surface area (Å²) in [5, 5.41) is 21.8. The maximum atomic E-state index is 14.1. The first kappa shape index (κ1) is 22.8. The van der Waals surface area contributed by atoms with Crippen LogP contribution in [0.5, 0.6) is 0 Å². The van der Waals surface area contributed by atoms with Crippen molar-refractivity contribution in [2.24, 2.45) is 0 Å². The van der Waals surface area contributed by atoms with Crippen molar-refractivity contribution in [3.8, 4) is 0 Å². The molecule has 2 aromatic rings. The van der Waals surface area contributed by atoms with Crippen LogP contribution in [0.2, 0.25) is 0 Å². The van der Waals surface area contributed by atoms with Crippen LogP contribution in [0, 0.1) is 19.3 Å². The normalized spacial score (nSPS) is 13.1. The molecule has 3 N–H and O–H groups in total. The van der Waals surface area contributed by atoms with Gasteiger partial charge in [-0.25, -0.2) is 17.8 Å². The number of nitrogens with one attached hydrogen (secondary N) is 2. The van der Waals surface area contributed by atoms with Crippen LogP contribution < -0.4 is 10.6 Å². The minimum absolute atomic E-state index is 0.0791. The zero-order chi connectivity index (χ0) is 22.7. The number of sulfone groups is 1. The average Bonchev–Trinajstić information content (AvgIpc) is 2.66. The number of halogens is 1. The molecule has 1 aromatic carbocycles. The zero-order valence-electron chi connectivity index (χ0n) is 16.1. The first-order chi connectivity index (χ1) is 13.9. The Bertz CT molecular complexity index is 1160. The van der Waals surface area contributed by atoms with Gasteiger partial charge in [-0.2, -0.15) is 0 Å². The molecule has 0 spiro atoms. The highest BCUT2D eigenvalue weighted by atomic mass is 32.2. The molecule has 0 radical (unpaired) electrons. The van der Waals surface area contributed by atoms with Gasteiger partial charge in [0.2, 0.25) is 0 Å². The fraction of sp³-hybridized carbons (Fsp3) is 0.294. The predicted molar refractivity (Wildman–Crippen MR) is 102 cm³/mol. The highest BCUT2D eigenvalue weighted by Gasteiger charge is 2.37. The van der Waals surface area contributed by atoms with Gasteiger partial charge < -0.3 is 15.3 Å². The van der Waals surface area contributed by atoms with Crippen molar-refractivity contribution in [3.63, 3.8) is 0 Å². The molecule has 158 valence electrons. The lowest BCUT2D eigenvalue weighted by Crippen LogP contribution is -2.46. The van der Waals surface area contributed by atoms with Crippen LogP contribution in [-0.4, -0.2) is 58.9 Å². The van der Waals surface area contributed by atoms with Crippen molar-refractivity contribution in [3.05, 3.63) is 46.7 Å². The maximum absolute atomic E-state index is 14.1. The van der Waals surface area contributed by atoms with E-state index in [9.17, 15) is 27.5 Å². The van der Waals surface area contributed by atoms with Crippen LogP contribution in [0.1, 0.15) is 23.0 Å². The summed E-state index contributed by atoms with van der Waals surface area (Å²) in [6.07, 6.45) is 0. The number of amides is 2. The molecule has 13 heteroatoms. The van der Waals surface area contributed by atoms with Crippen molar-refractivity contribution in [2.75, 3.05) is 18.1 Å². The second-order valence-electron chi connectivity index (χ2n) is 6.36. The topological polar surface area (TPSA) is 156 Å². The van der Waals surface area contributed by atoms with E-state index in [4.69, 9.17) is 6.57 Å². The zero-order valence-corrected chi connectivity index (χ0v) is 16.9. The molecule has 0 bridgehead atoms. The summed E-state index contributed by atoms with van der Waals surface area (Å²) in [6.45, 7) is 9.28. The quantitative estimate of drug-likeness (QED) is 0.549. The number of nitrogens with zero attached hydrogens (tertiary/aromatic N) is 4. The molecule has 0 saturated heterocycles. The van der Waals surface area contributed by atoms with Crippen LogP contribution in [0.15, 0.2) is 23.1 Å². The molecule has 30 heavy (non-hydrogen) atoms. The van der Waals surface area contributed by atoms with Gasteiger partial charge in [0.1, 0.15) is 5.82 Å². The second kappa shape index (κ2) is 8.47. The Morgan fingerprint density at radius 2 is 2.00 bits per heavy atom. The third-order valence-electron chi connectivity index (χ3n) is 3.90. The number of hydrogen-bond acceptors (Lipinski definition) is 8. The minimum Gasteiger partial charge on any atom is -0.379 e. The van der Waals surface area contributed by atoms with E-state index in [1.54, 1.807) is 0 Å². The third-order valence-corrected chi connectivity index (χ3v) is 5.81. The molecule has 2 amide bonds. The number of hydrogen-bond donors (Lipinski definition) is 3. The van der Waals surface area contributed by atoms with Crippen LogP contribution in [0.3, 0.4) is 0 Å². The van der Waals surface area contributed by atoms with Crippen LogP contribution in [0.25, 0.3) is 4.85 Å². The molecule has 11 nitrogen and oxygen atoms in total. The first-order valence-corrected chi connectivity index (χ1v) is 9.93. The van der Waals surface area contributed by atoms with E-state index in [1.807, 2.05) is 0 Å². The SMILES string of the molecule is [C-]#[N+]c1nnc(NC(=O)[C@@](C)(O)CS(=O)(=O)c2ccc(C(=O)NC)c(F)c2)nc1C. The van der Waals surface area contributed by atoms with Crippen LogP contribution in [-0.2, 0) is 14.6 Å². The molecular formula is C17H17FN6O5S. The van der Waals surface area contributed by atoms with E-state index >= 15 is 0 Å². The van der Waals surface area contributed by atoms with Crippen molar-refractivity contribution in [1.82, 2.24) is 20.5 Å². The van der Waals surface area contributed by atoms with Gasteiger partial charge in [0.15, 0.2) is 15.4 Å². The number of benzene rings is 1. The van der Waals surface area contributed by atoms with E-state index in [2.05, 4.69) is 30.7 Å². The fourth-order valence-corrected chi connectivity index (χ4v) is 3.91. The molecule has 0 aliphatic carbocycles. The summed E-state index contributed by atoms with van der Waals surface area (Å²) in [6, 6.07) is 2.61. The summed E-state index contributed by atoms with van der Waals surface area (Å²) in [4.78, 5) is 30.2. The molecule has 0 aliphatic heterocycles. The number of carbonyl (C=O) groups excluding carboxylic acids is 2. The molecule has 0 saturated carbocycles. The Kier molecular flexibility index (Phi) is 6.44. The molecule has 0 fully saturated rings. The van der Waals surface area contributed by atoms with Gasteiger partial charge in [0.25, 0.3) is 17.8 Å². The van der Waals surface area contributed by atoms with Gasteiger partial charge in [-0.1, -0.05) is 6.57 Å². The van der Waals surface area contributed by atoms with Gasteiger partial charge in [-0.05, 0) is 37.1 Å². The number of carbonyl (C=O) groups is 2. The van der Waals surface area contributed by atoms with E-state index in [0.29, 0.717) is 6.07 Å². The number of aryl methyl sites for hydroxylation is 1. The Balaban J connectivity index is 2.23. The number of aromatic nitrogens is 3. The van der Waals surface area contributed by atoms with Crippen molar-refractivity contribution < 1.29 is 27.5 Å². The van der Waals surface area contributed by atoms with Crippen molar-refractivity contribution in [1.29, 1.82) is 0 Å². The lowest BCUT2D eigenvalue weighted by atomic mass is 10.1. The first-order valence-electron chi connectivity index (χ1n) is 8.28. The van der Waals surface area contributed by atoms with Gasteiger partial charge in [0, 0.05) is 12.1 Å². The summed E-state index contributed by atoms with van der Waals surface area (Å²) in [5.74, 6) is -4.46. The lowest BCUT2D eigenvalue weighted by molar-refractivity contribution is -0.130. The number of rotatable bonds is 6. The molecule has 2 rings (SSSR count). The van der Waals surface area contributed by atoms with E-state index in [-0.39, 0.29) is 23.0 Å². The Hall–Kier alpha value is -3.50. The highest BCUT2D eigenvalue weighted by molar-refractivity contribution is 7.91. The Morgan fingerprint density at radius 1 is 1.33 bits per heavy atom. The molecule has 1 heterocycles. The van der Waals surface area contributed by atoms with Gasteiger partial charge in [-0.3, -0.25) is 14.9 Å². The molecule has 1 atom stereocenters. The molecular weight excluding hydrogens is 419 g/mol. The number of aliphatic hydroxyl groups is 1. The predicted octanol–water partition coefficient (Wildman–Crippen LogP) is 0.393. The smallest absolute Gasteiger partial charge is 0.317 e. The fourth-order valence-electron chi connectivity index (χ4n) is 2.32. The highest BCUT2D eigenvalue weighted by Crippen LogP contribution is 2.21. The minimum atomic E-state index is -4.32. The summed E-state index contributed by atoms with van der Waals surface area (Å²) in [7, 11) is -3.03. The van der Waals surface area contributed by atoms with E-state index < -0.39 is 43.7 Å². The lowest BCUT2D eigenvalue weighted by Gasteiger charge is -2.21. The largest absolute Gasteiger partial charge is 0.379 e. The van der Waals surface area contributed by atoms with Gasteiger partial charge in [-0.15, -0.1) is 0 Å². The molecule has 0 aliphatic rings. The van der Waals surface area contributed by atoms with Crippen molar-refractivity contribution >= 4 is 33.4 Å². The monoisotopic (exact) mass is 436 g/mol. The summed E-state index contributed by atoms with van der Waals surface area (Å²) in [5.41, 5.74) is -2.62. The van der Waals surface area contributed by atoms with Gasteiger partial charge in [0.05, 0.1) is 21.9 Å². The van der Waals surface area contributed by atoms with Gasteiger partial charge >= 0.3 is 5.82 Å². The van der Waals surface area contributed by atoms with Crippen molar-refractivity contribution in [2.45, 2.75) is 24.3 Å².